The maximum absolute atomic E-state index is 11.8. The summed E-state index contributed by atoms with van der Waals surface area (Å²) >= 11 is 0. The number of benzene rings is 1. The van der Waals surface area contributed by atoms with E-state index in [1.807, 2.05) is 23.1 Å². The van der Waals surface area contributed by atoms with Crippen molar-refractivity contribution in [3.8, 4) is 0 Å². The number of methoxy groups -OCH3 is 1. The molecule has 0 aliphatic carbocycles. The van der Waals surface area contributed by atoms with Crippen LogP contribution in [0.15, 0.2) is 39.5 Å². The first-order chi connectivity index (χ1) is 12.2. The highest BCUT2D eigenvalue weighted by atomic mass is 16.5. The molecule has 1 aromatic heterocycles. The number of rotatable bonds is 6. The highest BCUT2D eigenvalue weighted by Gasteiger charge is 2.20. The molecular weight excluding hydrogens is 322 g/mol. The fraction of sp³-hybridized carbons (Fsp3) is 0.444. The molecule has 25 heavy (non-hydrogen) atoms. The van der Waals surface area contributed by atoms with Gasteiger partial charge in [-0.15, -0.1) is 0 Å². The van der Waals surface area contributed by atoms with Crippen LogP contribution in [0.1, 0.15) is 0 Å². The molecule has 1 aliphatic rings. The van der Waals surface area contributed by atoms with E-state index in [0.717, 1.165) is 50.3 Å². The predicted octanol–water partition coefficient (Wildman–Crippen LogP) is 0.995. The average molecular weight is 345 g/mol. The van der Waals surface area contributed by atoms with Gasteiger partial charge >= 0.3 is 5.63 Å². The van der Waals surface area contributed by atoms with Crippen LogP contribution in [0.2, 0.25) is 0 Å². The lowest BCUT2D eigenvalue weighted by atomic mass is 10.2. The molecule has 2 heterocycles. The zero-order valence-electron chi connectivity index (χ0n) is 14.4. The third kappa shape index (κ3) is 4.37. The van der Waals surface area contributed by atoms with Gasteiger partial charge in [-0.2, -0.15) is 0 Å². The summed E-state index contributed by atoms with van der Waals surface area (Å²) in [6.45, 7) is 4.84. The quantitative estimate of drug-likeness (QED) is 0.787. The van der Waals surface area contributed by atoms with Crippen molar-refractivity contribution in [2.75, 3.05) is 58.3 Å². The third-order valence-corrected chi connectivity index (χ3v) is 4.39. The van der Waals surface area contributed by atoms with Gasteiger partial charge in [0, 0.05) is 57.8 Å². The van der Waals surface area contributed by atoms with E-state index in [2.05, 4.69) is 10.2 Å². The molecule has 134 valence electrons. The van der Waals surface area contributed by atoms with E-state index in [9.17, 15) is 9.59 Å². The van der Waals surface area contributed by atoms with Crippen molar-refractivity contribution in [3.05, 3.63) is 40.8 Å². The molecule has 0 unspecified atom stereocenters. The topological polar surface area (TPSA) is 75.0 Å². The number of para-hydroxylation sites is 1. The zero-order valence-corrected chi connectivity index (χ0v) is 14.4. The Bertz CT molecular complexity index is 781. The van der Waals surface area contributed by atoms with Crippen LogP contribution in [0.5, 0.6) is 0 Å². The lowest BCUT2D eigenvalue weighted by Gasteiger charge is -2.34. The Morgan fingerprint density at radius 1 is 1.24 bits per heavy atom. The number of fused-ring (bicyclic) bond motifs is 1. The number of carbonyl (C=O) groups excluding carboxylic acids is 1. The lowest BCUT2D eigenvalue weighted by molar-refractivity contribution is -0.136. The second kappa shape index (κ2) is 8.13. The Labute approximate surface area is 146 Å². The second-order valence-electron chi connectivity index (χ2n) is 6.06. The largest absolute Gasteiger partial charge is 0.423 e. The van der Waals surface area contributed by atoms with Crippen LogP contribution in [-0.2, 0) is 9.53 Å². The summed E-state index contributed by atoms with van der Waals surface area (Å²) in [7, 11) is 1.54. The van der Waals surface area contributed by atoms with Crippen molar-refractivity contribution < 1.29 is 13.9 Å². The Kier molecular flexibility index (Phi) is 5.67. The van der Waals surface area contributed by atoms with Gasteiger partial charge in [-0.3, -0.25) is 9.69 Å². The molecule has 2 aromatic rings. The minimum Gasteiger partial charge on any atom is -0.423 e. The summed E-state index contributed by atoms with van der Waals surface area (Å²) in [4.78, 5) is 27.6. The maximum Gasteiger partial charge on any atom is 0.338 e. The van der Waals surface area contributed by atoms with Crippen molar-refractivity contribution in [3.63, 3.8) is 0 Å². The highest BCUT2D eigenvalue weighted by molar-refractivity contribution is 5.89. The number of piperazine rings is 1. The number of ether oxygens (including phenoxy) is 1. The van der Waals surface area contributed by atoms with E-state index in [1.54, 1.807) is 6.07 Å². The zero-order chi connectivity index (χ0) is 17.6. The van der Waals surface area contributed by atoms with Gasteiger partial charge in [0.05, 0.1) is 5.69 Å². The number of amides is 1. The summed E-state index contributed by atoms with van der Waals surface area (Å²) in [5.41, 5.74) is 1.02. The molecule has 0 radical (unpaired) electrons. The van der Waals surface area contributed by atoms with Crippen molar-refractivity contribution >= 4 is 22.6 Å². The molecule has 0 saturated carbocycles. The fourth-order valence-electron chi connectivity index (χ4n) is 3.04. The Hall–Kier alpha value is -2.38. The van der Waals surface area contributed by atoms with Crippen molar-refractivity contribution in [2.45, 2.75) is 0 Å². The fourth-order valence-corrected chi connectivity index (χ4v) is 3.04. The van der Waals surface area contributed by atoms with Crippen LogP contribution in [0, 0.1) is 0 Å². The van der Waals surface area contributed by atoms with E-state index in [1.165, 1.54) is 13.2 Å². The smallest absolute Gasteiger partial charge is 0.338 e. The van der Waals surface area contributed by atoms with Crippen LogP contribution in [0.25, 0.3) is 11.0 Å². The summed E-state index contributed by atoms with van der Waals surface area (Å²) in [5.74, 6) is 0.0442. The van der Waals surface area contributed by atoms with Crippen LogP contribution in [0.3, 0.4) is 0 Å². The molecule has 3 rings (SSSR count). The first-order valence-corrected chi connectivity index (χ1v) is 8.43. The number of anilines is 1. The molecule has 7 nitrogen and oxygen atoms in total. The average Bonchev–Trinajstić information content (AvgIpc) is 2.62. The molecule has 0 spiro atoms. The van der Waals surface area contributed by atoms with Gasteiger partial charge in [0.15, 0.2) is 0 Å². The molecular formula is C18H23N3O4. The Morgan fingerprint density at radius 2 is 2.00 bits per heavy atom. The van der Waals surface area contributed by atoms with Gasteiger partial charge in [-0.1, -0.05) is 12.1 Å². The minimum absolute atomic E-state index is 0.0442. The van der Waals surface area contributed by atoms with Crippen LogP contribution in [0.4, 0.5) is 5.69 Å². The second-order valence-corrected chi connectivity index (χ2v) is 6.06. The highest BCUT2D eigenvalue weighted by Crippen LogP contribution is 2.20. The van der Waals surface area contributed by atoms with Gasteiger partial charge in [-0.05, 0) is 12.1 Å². The van der Waals surface area contributed by atoms with E-state index in [0.29, 0.717) is 5.58 Å². The number of hydrogen-bond donors (Lipinski definition) is 1. The third-order valence-electron chi connectivity index (χ3n) is 4.39. The molecule has 0 bridgehead atoms. The molecule has 1 fully saturated rings. The van der Waals surface area contributed by atoms with Crippen molar-refractivity contribution in [2.24, 2.45) is 0 Å². The molecule has 1 saturated heterocycles. The van der Waals surface area contributed by atoms with Crippen LogP contribution < -0.4 is 10.9 Å². The number of nitrogens with one attached hydrogen (secondary N) is 1. The van der Waals surface area contributed by atoms with E-state index < -0.39 is 0 Å². The Balaban J connectivity index is 1.51. The first kappa shape index (κ1) is 17.4. The molecule has 0 atom stereocenters. The summed E-state index contributed by atoms with van der Waals surface area (Å²) < 4.78 is 10.1. The van der Waals surface area contributed by atoms with Gasteiger partial charge < -0.3 is 19.4 Å². The van der Waals surface area contributed by atoms with Gasteiger partial charge in [0.25, 0.3) is 0 Å². The van der Waals surface area contributed by atoms with Crippen molar-refractivity contribution in [1.29, 1.82) is 0 Å². The normalized spacial score (nSPS) is 15.5. The summed E-state index contributed by atoms with van der Waals surface area (Å²) in [6, 6.07) is 8.98. The van der Waals surface area contributed by atoms with E-state index in [-0.39, 0.29) is 18.1 Å². The Morgan fingerprint density at radius 3 is 2.76 bits per heavy atom. The predicted molar refractivity (Wildman–Crippen MR) is 95.9 cm³/mol. The number of carbonyl (C=O) groups is 1. The van der Waals surface area contributed by atoms with Crippen molar-refractivity contribution in [1.82, 2.24) is 9.80 Å². The van der Waals surface area contributed by atoms with Gasteiger partial charge in [-0.25, -0.2) is 4.79 Å². The first-order valence-electron chi connectivity index (χ1n) is 8.43. The van der Waals surface area contributed by atoms with Gasteiger partial charge in [0.1, 0.15) is 12.2 Å². The van der Waals surface area contributed by atoms with Crippen LogP contribution in [-0.4, -0.2) is 68.7 Å². The van der Waals surface area contributed by atoms with Crippen LogP contribution >= 0.6 is 0 Å². The maximum atomic E-state index is 11.8. The molecule has 1 amide bonds. The lowest BCUT2D eigenvalue weighted by Crippen LogP contribution is -2.50. The van der Waals surface area contributed by atoms with Gasteiger partial charge in [0.2, 0.25) is 5.91 Å². The number of hydrogen-bond acceptors (Lipinski definition) is 6. The molecule has 7 heteroatoms. The molecule has 1 N–H and O–H groups in total. The molecule has 1 aliphatic heterocycles. The monoisotopic (exact) mass is 345 g/mol. The minimum atomic E-state index is -0.355. The van der Waals surface area contributed by atoms with E-state index in [4.69, 9.17) is 9.15 Å². The molecule has 1 aromatic carbocycles. The SMILES string of the molecule is COCC(=O)N1CCN(CCNc2cc(=O)oc3ccccc23)CC1. The summed E-state index contributed by atoms with van der Waals surface area (Å²) in [5, 5.41) is 4.23. The number of nitrogens with zero attached hydrogens (tertiary/aromatic N) is 2. The van der Waals surface area contributed by atoms with E-state index >= 15 is 0 Å². The summed E-state index contributed by atoms with van der Waals surface area (Å²) in [6.07, 6.45) is 0. The standard InChI is InChI=1S/C18H23N3O4/c1-24-13-17(22)21-10-8-20(9-11-21)7-6-19-15-12-18(23)25-16-5-3-2-4-14(15)16/h2-5,12,19H,6-11,13H2,1H3.